The fourth-order valence-electron chi connectivity index (χ4n) is 3.46. The number of rotatable bonds is 6. The molecule has 0 spiro atoms. The van der Waals surface area contributed by atoms with Gasteiger partial charge >= 0.3 is 0 Å². The molecule has 0 atom stereocenters. The van der Waals surface area contributed by atoms with Gasteiger partial charge in [0, 0.05) is 23.5 Å². The van der Waals surface area contributed by atoms with E-state index in [1.807, 2.05) is 60.2 Å². The molecular weight excluding hydrogens is 353 g/mol. The average molecular weight is 375 g/mol. The van der Waals surface area contributed by atoms with E-state index >= 15 is 0 Å². The number of hydrogen-bond acceptors (Lipinski definition) is 2. The molecule has 0 saturated carbocycles. The van der Waals surface area contributed by atoms with Gasteiger partial charge in [-0.2, -0.15) is 0 Å². The van der Waals surface area contributed by atoms with Gasteiger partial charge in [-0.25, -0.2) is 4.39 Å². The first-order chi connectivity index (χ1) is 13.6. The molecule has 3 nitrogen and oxygen atoms in total. The van der Waals surface area contributed by atoms with E-state index in [2.05, 4.69) is 0 Å². The SMILES string of the molecule is Cc1cccc2cn(CCCc3ccc(Oc4ccc(F)cc4)cc3)c(O)c12. The van der Waals surface area contributed by atoms with Crippen molar-refractivity contribution in [2.75, 3.05) is 0 Å². The van der Waals surface area contributed by atoms with E-state index < -0.39 is 0 Å². The summed E-state index contributed by atoms with van der Waals surface area (Å²) in [4.78, 5) is 0. The summed E-state index contributed by atoms with van der Waals surface area (Å²) in [6.45, 7) is 2.77. The molecule has 3 aromatic carbocycles. The highest BCUT2D eigenvalue weighted by atomic mass is 19.1. The van der Waals surface area contributed by atoms with E-state index in [1.54, 1.807) is 12.1 Å². The second-order valence-corrected chi connectivity index (χ2v) is 6.99. The van der Waals surface area contributed by atoms with E-state index in [-0.39, 0.29) is 5.82 Å². The molecule has 1 heterocycles. The molecule has 0 unspecified atom stereocenters. The first-order valence-corrected chi connectivity index (χ1v) is 9.40. The van der Waals surface area contributed by atoms with Crippen LogP contribution in [0.4, 0.5) is 4.39 Å². The largest absolute Gasteiger partial charge is 0.494 e. The lowest BCUT2D eigenvalue weighted by Crippen LogP contribution is -1.97. The topological polar surface area (TPSA) is 34.4 Å². The van der Waals surface area contributed by atoms with Gasteiger partial charge in [0.2, 0.25) is 0 Å². The predicted molar refractivity (Wildman–Crippen MR) is 110 cm³/mol. The van der Waals surface area contributed by atoms with Crippen molar-refractivity contribution >= 4 is 10.8 Å². The fraction of sp³-hybridized carbons (Fsp3) is 0.167. The van der Waals surface area contributed by atoms with Gasteiger partial charge in [0.25, 0.3) is 0 Å². The highest BCUT2D eigenvalue weighted by molar-refractivity contribution is 5.90. The highest BCUT2D eigenvalue weighted by Crippen LogP contribution is 2.30. The van der Waals surface area contributed by atoms with Gasteiger partial charge in [0.15, 0.2) is 5.88 Å². The summed E-state index contributed by atoms with van der Waals surface area (Å²) in [6.07, 6.45) is 3.84. The maximum absolute atomic E-state index is 13.0. The smallest absolute Gasteiger partial charge is 0.199 e. The first-order valence-electron chi connectivity index (χ1n) is 9.40. The number of aromatic nitrogens is 1. The predicted octanol–water partition coefficient (Wildman–Crippen LogP) is 6.22. The molecule has 1 aromatic heterocycles. The minimum absolute atomic E-state index is 0.278. The van der Waals surface area contributed by atoms with Gasteiger partial charge < -0.3 is 14.4 Å². The Bertz CT molecular complexity index is 1080. The zero-order valence-corrected chi connectivity index (χ0v) is 15.7. The Labute approximate surface area is 163 Å². The molecule has 4 aromatic rings. The summed E-state index contributed by atoms with van der Waals surface area (Å²) in [5, 5.41) is 12.5. The number of fused-ring (bicyclic) bond motifs is 1. The molecule has 0 radical (unpaired) electrons. The zero-order chi connectivity index (χ0) is 19.5. The van der Waals surface area contributed by atoms with Gasteiger partial charge in [-0.15, -0.1) is 0 Å². The third-order valence-electron chi connectivity index (χ3n) is 4.93. The maximum Gasteiger partial charge on any atom is 0.199 e. The zero-order valence-electron chi connectivity index (χ0n) is 15.7. The number of aryl methyl sites for hydroxylation is 3. The molecule has 28 heavy (non-hydrogen) atoms. The molecule has 0 aliphatic carbocycles. The van der Waals surface area contributed by atoms with E-state index in [4.69, 9.17) is 4.74 Å². The van der Waals surface area contributed by atoms with Crippen LogP contribution in [0.5, 0.6) is 17.4 Å². The van der Waals surface area contributed by atoms with Crippen molar-refractivity contribution in [3.8, 4) is 17.4 Å². The van der Waals surface area contributed by atoms with Crippen LogP contribution in [0.1, 0.15) is 17.5 Å². The van der Waals surface area contributed by atoms with Crippen LogP contribution in [-0.4, -0.2) is 9.67 Å². The number of hydrogen-bond donors (Lipinski definition) is 1. The van der Waals surface area contributed by atoms with Crippen LogP contribution >= 0.6 is 0 Å². The molecule has 0 aliphatic heterocycles. The van der Waals surface area contributed by atoms with E-state index in [0.29, 0.717) is 11.6 Å². The lowest BCUT2D eigenvalue weighted by Gasteiger charge is -2.08. The number of ether oxygens (including phenoxy) is 1. The lowest BCUT2D eigenvalue weighted by atomic mass is 10.1. The molecule has 4 heteroatoms. The van der Waals surface area contributed by atoms with E-state index in [0.717, 1.165) is 41.5 Å². The number of halogens is 1. The van der Waals surface area contributed by atoms with Crippen LogP contribution in [0.25, 0.3) is 10.8 Å². The molecule has 1 N–H and O–H groups in total. The molecule has 0 saturated heterocycles. The Hall–Kier alpha value is -3.27. The van der Waals surface area contributed by atoms with Crippen molar-refractivity contribution in [1.82, 2.24) is 4.57 Å². The highest BCUT2D eigenvalue weighted by Gasteiger charge is 2.09. The summed E-state index contributed by atoms with van der Waals surface area (Å²) in [7, 11) is 0. The lowest BCUT2D eigenvalue weighted by molar-refractivity contribution is 0.418. The van der Waals surface area contributed by atoms with Gasteiger partial charge in [0.1, 0.15) is 17.3 Å². The summed E-state index contributed by atoms with van der Waals surface area (Å²) < 4.78 is 20.6. The third kappa shape index (κ3) is 3.86. The van der Waals surface area contributed by atoms with Gasteiger partial charge in [-0.3, -0.25) is 0 Å². The Kier molecular flexibility index (Phi) is 5.02. The molecule has 4 rings (SSSR count). The van der Waals surface area contributed by atoms with Gasteiger partial charge in [0.05, 0.1) is 0 Å². The summed E-state index contributed by atoms with van der Waals surface area (Å²) >= 11 is 0. The number of nitrogens with zero attached hydrogens (tertiary/aromatic N) is 1. The van der Waals surface area contributed by atoms with Crippen molar-refractivity contribution < 1.29 is 14.2 Å². The standard InChI is InChI=1S/C24H22FNO2/c1-17-4-2-6-19-16-26(24(27)23(17)19)15-3-5-18-7-11-21(12-8-18)28-22-13-9-20(25)10-14-22/h2,4,6-14,16,27H,3,5,15H2,1H3. The molecular formula is C24H22FNO2. The molecule has 142 valence electrons. The second kappa shape index (κ2) is 7.77. The van der Waals surface area contributed by atoms with Gasteiger partial charge in [-0.05, 0) is 67.3 Å². The van der Waals surface area contributed by atoms with Crippen LogP contribution < -0.4 is 4.74 Å². The van der Waals surface area contributed by atoms with Crippen LogP contribution in [0.2, 0.25) is 0 Å². The van der Waals surface area contributed by atoms with Crippen molar-refractivity contribution in [2.45, 2.75) is 26.3 Å². The monoisotopic (exact) mass is 375 g/mol. The van der Waals surface area contributed by atoms with Crippen LogP contribution in [0.3, 0.4) is 0 Å². The van der Waals surface area contributed by atoms with E-state index in [9.17, 15) is 9.50 Å². The Morgan fingerprint density at radius 1 is 0.929 bits per heavy atom. The van der Waals surface area contributed by atoms with E-state index in [1.165, 1.54) is 17.7 Å². The summed E-state index contributed by atoms with van der Waals surface area (Å²) in [5.41, 5.74) is 2.30. The van der Waals surface area contributed by atoms with Crippen molar-refractivity contribution in [2.24, 2.45) is 0 Å². The van der Waals surface area contributed by atoms with Crippen molar-refractivity contribution in [3.63, 3.8) is 0 Å². The van der Waals surface area contributed by atoms with Crippen LogP contribution in [-0.2, 0) is 13.0 Å². The van der Waals surface area contributed by atoms with Crippen LogP contribution in [0, 0.1) is 12.7 Å². The molecule has 0 amide bonds. The Balaban J connectivity index is 1.36. The Morgan fingerprint density at radius 2 is 1.61 bits per heavy atom. The average Bonchev–Trinajstić information content (AvgIpc) is 3.02. The molecule has 0 bridgehead atoms. The fourth-order valence-corrected chi connectivity index (χ4v) is 3.46. The second-order valence-electron chi connectivity index (χ2n) is 6.99. The summed E-state index contributed by atoms with van der Waals surface area (Å²) in [5.74, 6) is 1.40. The summed E-state index contributed by atoms with van der Waals surface area (Å²) in [6, 6.07) is 19.9. The first kappa shape index (κ1) is 18.1. The van der Waals surface area contributed by atoms with Crippen molar-refractivity contribution in [1.29, 1.82) is 0 Å². The minimum Gasteiger partial charge on any atom is -0.494 e. The normalized spacial score (nSPS) is 11.1. The van der Waals surface area contributed by atoms with Crippen molar-refractivity contribution in [3.05, 3.63) is 89.9 Å². The maximum atomic E-state index is 13.0. The number of aromatic hydroxyl groups is 1. The third-order valence-corrected chi connectivity index (χ3v) is 4.93. The van der Waals surface area contributed by atoms with Crippen LogP contribution in [0.15, 0.2) is 72.9 Å². The quantitative estimate of drug-likeness (QED) is 0.434. The number of benzene rings is 3. The molecule has 0 aliphatic rings. The molecule has 0 fully saturated rings. The Morgan fingerprint density at radius 3 is 2.29 bits per heavy atom. The van der Waals surface area contributed by atoms with Gasteiger partial charge in [-0.1, -0.05) is 30.3 Å². The minimum atomic E-state index is -0.278.